The molecule has 1 aliphatic rings. The summed E-state index contributed by atoms with van der Waals surface area (Å²) in [5, 5.41) is 2.72. The molecule has 1 fully saturated rings. The molecule has 6 nitrogen and oxygen atoms in total. The number of carbonyl (C=O) groups excluding carboxylic acids is 1. The topological polar surface area (TPSA) is 75.7 Å². The van der Waals surface area contributed by atoms with Gasteiger partial charge in [-0.2, -0.15) is 4.31 Å². The van der Waals surface area contributed by atoms with E-state index in [-0.39, 0.29) is 23.4 Å². The van der Waals surface area contributed by atoms with Gasteiger partial charge in [-0.15, -0.1) is 0 Å². The number of amides is 1. The van der Waals surface area contributed by atoms with Gasteiger partial charge < -0.3 is 10.1 Å². The maximum atomic E-state index is 13.1. The molecule has 2 rings (SSSR count). The first-order chi connectivity index (χ1) is 11.9. The third-order valence-electron chi connectivity index (χ3n) is 4.54. The Morgan fingerprint density at radius 1 is 1.20 bits per heavy atom. The zero-order chi connectivity index (χ0) is 18.3. The molecule has 1 amide bonds. The summed E-state index contributed by atoms with van der Waals surface area (Å²) in [5.74, 6) is -0.293. The minimum Gasteiger partial charge on any atom is -0.383 e. The molecule has 7 heteroatoms. The Morgan fingerprint density at radius 3 is 2.44 bits per heavy atom. The molecule has 25 heavy (non-hydrogen) atoms. The Hall–Kier alpha value is -1.44. The predicted octanol–water partition coefficient (Wildman–Crippen LogP) is 2.08. The molecule has 0 aliphatic heterocycles. The molecule has 0 unspecified atom stereocenters. The van der Waals surface area contributed by atoms with E-state index in [9.17, 15) is 13.2 Å². The van der Waals surface area contributed by atoms with E-state index < -0.39 is 10.0 Å². The average Bonchev–Trinajstić information content (AvgIpc) is 2.61. The molecule has 1 aromatic carbocycles. The highest BCUT2D eigenvalue weighted by atomic mass is 32.2. The lowest BCUT2D eigenvalue weighted by molar-refractivity contribution is -0.121. The summed E-state index contributed by atoms with van der Waals surface area (Å²) in [7, 11) is -2.14. The van der Waals surface area contributed by atoms with Gasteiger partial charge in [0.05, 0.1) is 18.0 Å². The summed E-state index contributed by atoms with van der Waals surface area (Å²) in [6, 6.07) is 6.68. The fraction of sp³-hybridized carbons (Fsp3) is 0.611. The first kappa shape index (κ1) is 19.9. The molecule has 0 saturated heterocycles. The second-order valence-corrected chi connectivity index (χ2v) is 8.39. The predicted molar refractivity (Wildman–Crippen MR) is 96.8 cm³/mol. The monoisotopic (exact) mass is 368 g/mol. The first-order valence-corrected chi connectivity index (χ1v) is 10.2. The van der Waals surface area contributed by atoms with Gasteiger partial charge in [0.25, 0.3) is 0 Å². The summed E-state index contributed by atoms with van der Waals surface area (Å²) in [4.78, 5) is 12.5. The van der Waals surface area contributed by atoms with Gasteiger partial charge in [0.1, 0.15) is 0 Å². The summed E-state index contributed by atoms with van der Waals surface area (Å²) < 4.78 is 32.6. The molecule has 1 N–H and O–H groups in total. The molecule has 0 aromatic heterocycles. The summed E-state index contributed by atoms with van der Waals surface area (Å²) >= 11 is 0. The van der Waals surface area contributed by atoms with Gasteiger partial charge >= 0.3 is 0 Å². The number of hydrogen-bond acceptors (Lipinski definition) is 4. The lowest BCUT2D eigenvalue weighted by Gasteiger charge is -2.33. The number of hydrogen-bond donors (Lipinski definition) is 1. The van der Waals surface area contributed by atoms with Gasteiger partial charge in [-0.25, -0.2) is 8.42 Å². The Labute approximate surface area is 150 Å². The number of methoxy groups -OCH3 is 1. The van der Waals surface area contributed by atoms with E-state index in [1.165, 1.54) is 4.31 Å². The number of rotatable bonds is 8. The van der Waals surface area contributed by atoms with Crippen molar-refractivity contribution in [3.8, 4) is 0 Å². The second kappa shape index (κ2) is 9.31. The fourth-order valence-corrected chi connectivity index (χ4v) is 4.76. The quantitative estimate of drug-likeness (QED) is 0.713. The molecule has 0 spiro atoms. The van der Waals surface area contributed by atoms with Crippen LogP contribution < -0.4 is 5.32 Å². The van der Waals surface area contributed by atoms with E-state index in [0.717, 1.165) is 37.7 Å². The third-order valence-corrected chi connectivity index (χ3v) is 6.45. The van der Waals surface area contributed by atoms with Crippen molar-refractivity contribution >= 4 is 15.9 Å². The fourth-order valence-electron chi connectivity index (χ4n) is 3.11. The highest BCUT2D eigenvalue weighted by Gasteiger charge is 2.33. The largest absolute Gasteiger partial charge is 0.383 e. The van der Waals surface area contributed by atoms with E-state index in [1.807, 2.05) is 6.92 Å². The molecule has 0 atom stereocenters. The van der Waals surface area contributed by atoms with Crippen LogP contribution in [0.25, 0.3) is 0 Å². The highest BCUT2D eigenvalue weighted by molar-refractivity contribution is 7.89. The van der Waals surface area contributed by atoms with Crippen LogP contribution in [0.2, 0.25) is 0 Å². The highest BCUT2D eigenvalue weighted by Crippen LogP contribution is 2.27. The van der Waals surface area contributed by atoms with Crippen molar-refractivity contribution in [2.75, 3.05) is 26.8 Å². The number of carbonyl (C=O) groups is 1. The number of sulfonamides is 1. The van der Waals surface area contributed by atoms with Crippen LogP contribution in [0.3, 0.4) is 0 Å². The van der Waals surface area contributed by atoms with Crippen LogP contribution in [0.4, 0.5) is 0 Å². The van der Waals surface area contributed by atoms with Crippen LogP contribution >= 0.6 is 0 Å². The number of nitrogens with one attached hydrogen (secondary N) is 1. The molecule has 1 aromatic rings. The molecular formula is C18H28N2O4S. The van der Waals surface area contributed by atoms with Crippen molar-refractivity contribution in [1.29, 1.82) is 0 Å². The van der Waals surface area contributed by atoms with Crippen LogP contribution in [0, 0.1) is 6.92 Å². The normalized spacial score (nSPS) is 16.1. The number of aryl methyl sites for hydroxylation is 1. The zero-order valence-corrected chi connectivity index (χ0v) is 15.8. The van der Waals surface area contributed by atoms with Crippen LogP contribution in [0.5, 0.6) is 0 Å². The van der Waals surface area contributed by atoms with Crippen molar-refractivity contribution in [3.63, 3.8) is 0 Å². The van der Waals surface area contributed by atoms with Crippen molar-refractivity contribution in [3.05, 3.63) is 29.8 Å². The second-order valence-electron chi connectivity index (χ2n) is 6.50. The minimum absolute atomic E-state index is 0.117. The Balaban J connectivity index is 2.20. The van der Waals surface area contributed by atoms with Crippen molar-refractivity contribution < 1.29 is 17.9 Å². The third kappa shape index (κ3) is 5.52. The smallest absolute Gasteiger partial charge is 0.243 e. The number of benzene rings is 1. The average molecular weight is 368 g/mol. The SMILES string of the molecule is COCCNC(=O)CN(C1CCCCC1)S(=O)(=O)c1ccc(C)cc1. The minimum atomic E-state index is -3.70. The Morgan fingerprint density at radius 2 is 1.84 bits per heavy atom. The van der Waals surface area contributed by atoms with E-state index in [4.69, 9.17) is 4.74 Å². The van der Waals surface area contributed by atoms with E-state index in [0.29, 0.717) is 13.2 Å². The van der Waals surface area contributed by atoms with Gasteiger partial charge in [0.2, 0.25) is 15.9 Å². The Kier molecular flexibility index (Phi) is 7.40. The number of ether oxygens (including phenoxy) is 1. The van der Waals surface area contributed by atoms with Gasteiger partial charge in [-0.1, -0.05) is 37.0 Å². The molecule has 0 bridgehead atoms. The van der Waals surface area contributed by atoms with Crippen LogP contribution in [0.15, 0.2) is 29.2 Å². The zero-order valence-electron chi connectivity index (χ0n) is 15.0. The van der Waals surface area contributed by atoms with Crippen molar-refractivity contribution in [1.82, 2.24) is 9.62 Å². The van der Waals surface area contributed by atoms with Gasteiger partial charge in [-0.3, -0.25) is 4.79 Å². The van der Waals surface area contributed by atoms with Crippen molar-refractivity contribution in [2.45, 2.75) is 50.0 Å². The summed E-state index contributed by atoms with van der Waals surface area (Å²) in [6.07, 6.45) is 4.72. The maximum Gasteiger partial charge on any atom is 0.243 e. The van der Waals surface area contributed by atoms with Crippen LogP contribution in [-0.2, 0) is 19.6 Å². The Bertz CT molecular complexity index is 652. The lowest BCUT2D eigenvalue weighted by Crippen LogP contribution is -2.47. The number of nitrogens with zero attached hydrogens (tertiary/aromatic N) is 1. The lowest BCUT2D eigenvalue weighted by atomic mass is 9.95. The van der Waals surface area contributed by atoms with Crippen LogP contribution in [0.1, 0.15) is 37.7 Å². The van der Waals surface area contributed by atoms with Gasteiger partial charge in [0, 0.05) is 19.7 Å². The van der Waals surface area contributed by atoms with E-state index >= 15 is 0 Å². The molecule has 140 valence electrons. The molecule has 1 aliphatic carbocycles. The summed E-state index contributed by atoms with van der Waals surface area (Å²) in [5.41, 5.74) is 1.00. The van der Waals surface area contributed by atoms with Crippen molar-refractivity contribution in [2.24, 2.45) is 0 Å². The molecular weight excluding hydrogens is 340 g/mol. The standard InChI is InChI=1S/C18H28N2O4S/c1-15-8-10-17(11-9-15)25(22,23)20(16-6-4-3-5-7-16)14-18(21)19-12-13-24-2/h8-11,16H,3-7,12-14H2,1-2H3,(H,19,21). The van der Waals surface area contributed by atoms with E-state index in [1.54, 1.807) is 31.4 Å². The molecule has 1 saturated carbocycles. The van der Waals surface area contributed by atoms with E-state index in [2.05, 4.69) is 5.32 Å². The van der Waals surface area contributed by atoms with Gasteiger partial charge in [0.15, 0.2) is 0 Å². The summed E-state index contributed by atoms with van der Waals surface area (Å²) in [6.45, 7) is 2.54. The van der Waals surface area contributed by atoms with Crippen LogP contribution in [-0.4, -0.2) is 51.5 Å². The van der Waals surface area contributed by atoms with Gasteiger partial charge in [-0.05, 0) is 31.9 Å². The maximum absolute atomic E-state index is 13.1. The molecule has 0 radical (unpaired) electrons. The molecule has 0 heterocycles. The first-order valence-electron chi connectivity index (χ1n) is 8.79.